The van der Waals surface area contributed by atoms with Crippen LogP contribution < -0.4 is 4.74 Å². The smallest absolute Gasteiger partial charge is 0.118 e. The van der Waals surface area contributed by atoms with Gasteiger partial charge in [-0.2, -0.15) is 0 Å². The summed E-state index contributed by atoms with van der Waals surface area (Å²) in [4.78, 5) is 0. The van der Waals surface area contributed by atoms with Gasteiger partial charge in [-0.25, -0.2) is 0 Å². The number of hydrogen-bond acceptors (Lipinski definition) is 1. The first-order chi connectivity index (χ1) is 7.69. The first kappa shape index (κ1) is 10.7. The fourth-order valence-corrected chi connectivity index (χ4v) is 1.92. The third kappa shape index (κ3) is 2.25. The average molecular weight is 212 g/mol. The standard InChI is InChI=1S/C15H16O/c1-11-8-12(2)10-14(9-11)13-4-6-15(16-3)7-5-13/h4-10H,1-3H3. The van der Waals surface area contributed by atoms with Crippen LogP contribution in [0.1, 0.15) is 11.1 Å². The third-order valence-corrected chi connectivity index (χ3v) is 2.65. The zero-order chi connectivity index (χ0) is 11.5. The van der Waals surface area contributed by atoms with E-state index in [4.69, 9.17) is 4.74 Å². The maximum atomic E-state index is 5.15. The topological polar surface area (TPSA) is 9.23 Å². The molecule has 0 spiro atoms. The van der Waals surface area contributed by atoms with Gasteiger partial charge >= 0.3 is 0 Å². The van der Waals surface area contributed by atoms with Gasteiger partial charge in [-0.15, -0.1) is 0 Å². The van der Waals surface area contributed by atoms with Gasteiger partial charge in [0.2, 0.25) is 0 Å². The molecule has 0 saturated carbocycles. The summed E-state index contributed by atoms with van der Waals surface area (Å²) in [5, 5.41) is 0. The van der Waals surface area contributed by atoms with Crippen LogP contribution in [-0.2, 0) is 0 Å². The molecular formula is C15H16O. The molecule has 0 aromatic heterocycles. The van der Waals surface area contributed by atoms with Gasteiger partial charge in [0.15, 0.2) is 0 Å². The number of benzene rings is 2. The largest absolute Gasteiger partial charge is 0.497 e. The van der Waals surface area contributed by atoms with Crippen LogP contribution in [0.5, 0.6) is 5.75 Å². The van der Waals surface area contributed by atoms with Crippen molar-refractivity contribution >= 4 is 0 Å². The lowest BCUT2D eigenvalue weighted by Crippen LogP contribution is -1.84. The van der Waals surface area contributed by atoms with Gasteiger partial charge in [-0.1, -0.05) is 41.5 Å². The molecule has 2 aromatic rings. The molecule has 0 fully saturated rings. The van der Waals surface area contributed by atoms with Crippen LogP contribution in [0.4, 0.5) is 0 Å². The van der Waals surface area contributed by atoms with Crippen LogP contribution >= 0.6 is 0 Å². The Morgan fingerprint density at radius 1 is 0.750 bits per heavy atom. The van der Waals surface area contributed by atoms with Crippen LogP contribution in [0.3, 0.4) is 0 Å². The Morgan fingerprint density at radius 2 is 1.31 bits per heavy atom. The van der Waals surface area contributed by atoms with Gasteiger partial charge in [0, 0.05) is 0 Å². The molecule has 0 atom stereocenters. The van der Waals surface area contributed by atoms with Crippen molar-refractivity contribution in [3.8, 4) is 16.9 Å². The highest BCUT2D eigenvalue weighted by Crippen LogP contribution is 2.24. The lowest BCUT2D eigenvalue weighted by atomic mass is 10.0. The van der Waals surface area contributed by atoms with E-state index in [-0.39, 0.29) is 0 Å². The van der Waals surface area contributed by atoms with E-state index in [0.717, 1.165) is 5.75 Å². The molecule has 0 saturated heterocycles. The van der Waals surface area contributed by atoms with Gasteiger partial charge in [0.1, 0.15) is 5.75 Å². The van der Waals surface area contributed by atoms with E-state index in [1.165, 1.54) is 22.3 Å². The van der Waals surface area contributed by atoms with Crippen molar-refractivity contribution in [1.82, 2.24) is 0 Å². The normalized spacial score (nSPS) is 10.2. The van der Waals surface area contributed by atoms with Crippen molar-refractivity contribution in [3.05, 3.63) is 53.6 Å². The molecule has 0 radical (unpaired) electrons. The van der Waals surface area contributed by atoms with Crippen molar-refractivity contribution < 1.29 is 4.74 Å². The summed E-state index contributed by atoms with van der Waals surface area (Å²) in [6, 6.07) is 14.8. The summed E-state index contributed by atoms with van der Waals surface area (Å²) in [6.45, 7) is 4.25. The third-order valence-electron chi connectivity index (χ3n) is 2.65. The number of rotatable bonds is 2. The van der Waals surface area contributed by atoms with E-state index in [1.807, 2.05) is 12.1 Å². The first-order valence-corrected chi connectivity index (χ1v) is 5.42. The summed E-state index contributed by atoms with van der Waals surface area (Å²) in [5.41, 5.74) is 5.09. The zero-order valence-corrected chi connectivity index (χ0v) is 9.95. The fraction of sp³-hybridized carbons (Fsp3) is 0.200. The molecule has 0 amide bonds. The Hall–Kier alpha value is -1.76. The van der Waals surface area contributed by atoms with Crippen molar-refractivity contribution in [2.45, 2.75) is 13.8 Å². The molecular weight excluding hydrogens is 196 g/mol. The van der Waals surface area contributed by atoms with Crippen LogP contribution in [0, 0.1) is 13.8 Å². The van der Waals surface area contributed by atoms with Crippen LogP contribution in [0.15, 0.2) is 42.5 Å². The minimum absolute atomic E-state index is 0.896. The number of ether oxygens (including phenoxy) is 1. The van der Waals surface area contributed by atoms with Crippen molar-refractivity contribution in [1.29, 1.82) is 0 Å². The quantitative estimate of drug-likeness (QED) is 0.731. The minimum Gasteiger partial charge on any atom is -0.497 e. The summed E-state index contributed by atoms with van der Waals surface area (Å²) < 4.78 is 5.15. The zero-order valence-electron chi connectivity index (χ0n) is 9.95. The Kier molecular flexibility index (Phi) is 2.95. The average Bonchev–Trinajstić information content (AvgIpc) is 2.28. The molecule has 2 aromatic carbocycles. The molecule has 0 aliphatic rings. The van der Waals surface area contributed by atoms with Gasteiger partial charge < -0.3 is 4.74 Å². The highest BCUT2D eigenvalue weighted by Gasteiger charge is 1.99. The molecule has 0 heterocycles. The van der Waals surface area contributed by atoms with E-state index in [9.17, 15) is 0 Å². The van der Waals surface area contributed by atoms with Crippen molar-refractivity contribution in [2.24, 2.45) is 0 Å². The molecule has 2 rings (SSSR count). The Morgan fingerprint density at radius 3 is 1.81 bits per heavy atom. The summed E-state index contributed by atoms with van der Waals surface area (Å²) in [6.07, 6.45) is 0. The highest BCUT2D eigenvalue weighted by atomic mass is 16.5. The van der Waals surface area contributed by atoms with Gasteiger partial charge in [0.25, 0.3) is 0 Å². The molecule has 0 unspecified atom stereocenters. The second-order valence-electron chi connectivity index (χ2n) is 4.10. The fourth-order valence-electron chi connectivity index (χ4n) is 1.92. The van der Waals surface area contributed by atoms with Gasteiger partial charge in [-0.05, 0) is 37.1 Å². The van der Waals surface area contributed by atoms with Gasteiger partial charge in [-0.3, -0.25) is 0 Å². The van der Waals surface area contributed by atoms with E-state index < -0.39 is 0 Å². The summed E-state index contributed by atoms with van der Waals surface area (Å²) in [7, 11) is 1.69. The van der Waals surface area contributed by atoms with Crippen LogP contribution in [0.25, 0.3) is 11.1 Å². The highest BCUT2D eigenvalue weighted by molar-refractivity contribution is 5.65. The lowest BCUT2D eigenvalue weighted by molar-refractivity contribution is 0.415. The Bertz CT molecular complexity index is 463. The molecule has 1 heteroatoms. The number of hydrogen-bond donors (Lipinski definition) is 0. The minimum atomic E-state index is 0.896. The molecule has 82 valence electrons. The van der Waals surface area contributed by atoms with Gasteiger partial charge in [0.05, 0.1) is 7.11 Å². The number of aryl methyl sites for hydroxylation is 2. The van der Waals surface area contributed by atoms with E-state index in [0.29, 0.717) is 0 Å². The van der Waals surface area contributed by atoms with Crippen molar-refractivity contribution in [3.63, 3.8) is 0 Å². The number of methoxy groups -OCH3 is 1. The van der Waals surface area contributed by atoms with E-state index in [1.54, 1.807) is 7.11 Å². The summed E-state index contributed by atoms with van der Waals surface area (Å²) in [5.74, 6) is 0.896. The van der Waals surface area contributed by atoms with Crippen molar-refractivity contribution in [2.75, 3.05) is 7.11 Å². The molecule has 0 bridgehead atoms. The van der Waals surface area contributed by atoms with E-state index in [2.05, 4.69) is 44.2 Å². The Labute approximate surface area is 96.7 Å². The predicted octanol–water partition coefficient (Wildman–Crippen LogP) is 3.98. The second-order valence-corrected chi connectivity index (χ2v) is 4.10. The van der Waals surface area contributed by atoms with Crippen LogP contribution in [0.2, 0.25) is 0 Å². The maximum absolute atomic E-state index is 5.15. The predicted molar refractivity (Wildman–Crippen MR) is 67.9 cm³/mol. The molecule has 0 aliphatic heterocycles. The SMILES string of the molecule is COc1ccc(-c2cc(C)cc(C)c2)cc1. The Balaban J connectivity index is 2.42. The van der Waals surface area contributed by atoms with E-state index >= 15 is 0 Å². The molecule has 16 heavy (non-hydrogen) atoms. The molecule has 1 nitrogen and oxygen atoms in total. The molecule has 0 aliphatic carbocycles. The molecule has 0 N–H and O–H groups in total. The first-order valence-electron chi connectivity index (χ1n) is 5.42. The maximum Gasteiger partial charge on any atom is 0.118 e. The summed E-state index contributed by atoms with van der Waals surface area (Å²) >= 11 is 0. The lowest BCUT2D eigenvalue weighted by Gasteiger charge is -2.06. The van der Waals surface area contributed by atoms with Crippen LogP contribution in [-0.4, -0.2) is 7.11 Å². The monoisotopic (exact) mass is 212 g/mol. The second kappa shape index (κ2) is 4.40.